The van der Waals surface area contributed by atoms with Crippen molar-refractivity contribution in [2.45, 2.75) is 51.9 Å². The number of benzene rings is 8. The Bertz CT molecular complexity index is 3780. The Morgan fingerprint density at radius 3 is 0.890 bits per heavy atom. The number of esters is 2. The third-order valence-corrected chi connectivity index (χ3v) is 54.7. The van der Waals surface area contributed by atoms with Crippen molar-refractivity contribution in [3.8, 4) is 0 Å². The molecule has 4 fully saturated rings. The summed E-state index contributed by atoms with van der Waals surface area (Å²) in [4.78, 5) is 26.3. The lowest BCUT2D eigenvalue weighted by Gasteiger charge is -2.57. The lowest BCUT2D eigenvalue weighted by atomic mass is 10.4. The fraction of sp³-hybridized carbons (Fsp3) is 0.156. The molecule has 466 valence electrons. The summed E-state index contributed by atoms with van der Waals surface area (Å²) < 4.78 is 120. The standard InChI is InChI=1S/C64H68O17Si10/c1-53(2)63(65)67-49-31-51-84(5)69-82(55-33-15-7-16-34-55)70-87(58-39-21-10-22-40-58)76-86(57-37-19-9-20-38-57)71-83(56-35-17-8-18-36-56)72-88(59-41-23-11-24-42-59)77-89(73-84,60-43-25-12-26-44-60)80-91(79-87,62-47-29-14-30-48-62)81-90(78-88,61-45-27-13-28-46-61)75-85(6,74-86)52-32-50-68-64(66)54(3)4/h7-30,33-48H,1,3,31-32,49-52H2,2,4-6H3. The van der Waals surface area contributed by atoms with Crippen molar-refractivity contribution in [2.24, 2.45) is 0 Å². The van der Waals surface area contributed by atoms with Gasteiger partial charge in [-0.05, 0) is 62.2 Å². The molecule has 4 aliphatic rings. The SMILES string of the molecule is C=C(C)C(=O)OCCC[Si]1(C)O[Si](c2ccccc2)O[Si]2(c3ccccc3)O[Si]3(c4ccccc4)O[Si](c4ccccc4)O[Si]4(c5ccccc5)O[Si](c5ccccc5)(O1)O[Si](c1ccccc1)(O2)O[Si](c1ccccc1)(O[Si](C)(CCCOC(=O)C(=C)C)O3)O4. The van der Waals surface area contributed by atoms with E-state index in [4.69, 9.17) is 63.0 Å². The molecule has 8 atom stereocenters. The van der Waals surface area contributed by atoms with Crippen LogP contribution < -0.4 is 41.5 Å². The van der Waals surface area contributed by atoms with Crippen molar-refractivity contribution in [2.75, 3.05) is 13.2 Å². The number of ether oxygens (including phenoxy) is 2. The summed E-state index contributed by atoms with van der Waals surface area (Å²) >= 11 is 0. The molecule has 4 saturated heterocycles. The van der Waals surface area contributed by atoms with Gasteiger partial charge in [-0.15, -0.1) is 0 Å². The maximum Gasteiger partial charge on any atom is 0.515 e. The van der Waals surface area contributed by atoms with Crippen LogP contribution in [0.2, 0.25) is 25.2 Å². The molecule has 8 unspecified atom stereocenters. The zero-order valence-electron chi connectivity index (χ0n) is 50.7. The van der Waals surface area contributed by atoms with Crippen LogP contribution in [0.25, 0.3) is 0 Å². The highest BCUT2D eigenvalue weighted by molar-refractivity contribution is 7.09. The number of fused-ring (bicyclic) bond motifs is 6. The Morgan fingerprint density at radius 1 is 0.330 bits per heavy atom. The molecule has 0 amide bonds. The molecular weight excluding hydrogens is 1320 g/mol. The van der Waals surface area contributed by atoms with Crippen molar-refractivity contribution in [1.29, 1.82) is 0 Å². The summed E-state index contributed by atoms with van der Waals surface area (Å²) in [5.41, 5.74) is 0.513. The predicted molar refractivity (Wildman–Crippen MR) is 362 cm³/mol. The Kier molecular flexibility index (Phi) is 19.6. The third kappa shape index (κ3) is 14.1. The first-order valence-corrected chi connectivity index (χ1v) is 47.9. The van der Waals surface area contributed by atoms with Crippen LogP contribution in [0, 0.1) is 0 Å². The topological polar surface area (TPSA) is 173 Å². The summed E-state index contributed by atoms with van der Waals surface area (Å²) in [6.07, 6.45) is 0.505. The van der Waals surface area contributed by atoms with Crippen LogP contribution in [0.1, 0.15) is 26.7 Å². The van der Waals surface area contributed by atoms with E-state index in [-0.39, 0.29) is 49.3 Å². The minimum Gasteiger partial charge on any atom is -0.462 e. The summed E-state index contributed by atoms with van der Waals surface area (Å²) in [5, 5.41) is 4.22. The highest BCUT2D eigenvalue weighted by Crippen LogP contribution is 2.44. The van der Waals surface area contributed by atoms with Crippen molar-refractivity contribution in [1.82, 2.24) is 0 Å². The maximum absolute atomic E-state index is 13.2. The zero-order chi connectivity index (χ0) is 63.2. The molecule has 91 heavy (non-hydrogen) atoms. The van der Waals surface area contributed by atoms with Crippen molar-refractivity contribution in [3.05, 3.63) is 267 Å². The van der Waals surface area contributed by atoms with Crippen LogP contribution in [0.15, 0.2) is 267 Å². The predicted octanol–water partition coefficient (Wildman–Crippen LogP) is 6.29. The molecule has 2 radical (unpaired) electrons. The smallest absolute Gasteiger partial charge is 0.462 e. The number of hydrogen-bond donors (Lipinski definition) is 0. The Balaban J connectivity index is 1.28. The van der Waals surface area contributed by atoms with E-state index in [0.717, 1.165) is 0 Å². The van der Waals surface area contributed by atoms with E-state index in [2.05, 4.69) is 13.2 Å². The van der Waals surface area contributed by atoms with Crippen LogP contribution in [0.4, 0.5) is 0 Å². The average Bonchev–Trinajstić information content (AvgIpc) is 0.696. The normalized spacial score (nSPS) is 28.6. The zero-order valence-corrected chi connectivity index (χ0v) is 60.7. The number of hydrogen-bond acceptors (Lipinski definition) is 17. The summed E-state index contributed by atoms with van der Waals surface area (Å²) in [5.74, 6) is -1.07. The Labute approximate surface area is 543 Å². The molecule has 17 nitrogen and oxygen atoms in total. The van der Waals surface area contributed by atoms with Crippen molar-refractivity contribution < 1.29 is 72.6 Å². The highest BCUT2D eigenvalue weighted by atomic mass is 28.6. The van der Waals surface area contributed by atoms with E-state index in [9.17, 15) is 9.59 Å². The van der Waals surface area contributed by atoms with Gasteiger partial charge in [-0.2, -0.15) is 0 Å². The van der Waals surface area contributed by atoms with E-state index < -0.39 is 100 Å². The van der Waals surface area contributed by atoms with Gasteiger partial charge >= 0.3 is 100 Å². The van der Waals surface area contributed by atoms with E-state index in [1.54, 1.807) is 13.8 Å². The molecule has 4 aliphatic heterocycles. The fourth-order valence-electron chi connectivity index (χ4n) is 10.8. The van der Waals surface area contributed by atoms with Gasteiger partial charge in [0, 0.05) is 42.3 Å². The van der Waals surface area contributed by atoms with Gasteiger partial charge in [-0.25, -0.2) is 9.59 Å². The molecule has 0 aliphatic carbocycles. The van der Waals surface area contributed by atoms with Gasteiger partial charge in [-0.1, -0.05) is 256 Å². The molecule has 4 heterocycles. The second-order valence-corrected chi connectivity index (χ2v) is 51.1. The number of carbonyl (C=O) groups is 2. The molecule has 12 rings (SSSR count). The van der Waals surface area contributed by atoms with E-state index in [0.29, 0.717) is 41.5 Å². The van der Waals surface area contributed by atoms with Gasteiger partial charge < -0.3 is 63.0 Å². The molecule has 6 bridgehead atoms. The Hall–Kier alpha value is -6.17. The van der Waals surface area contributed by atoms with E-state index in [1.165, 1.54) is 0 Å². The van der Waals surface area contributed by atoms with Gasteiger partial charge in [0.1, 0.15) is 0 Å². The van der Waals surface area contributed by atoms with Gasteiger partial charge in [0.15, 0.2) is 0 Å². The minimum atomic E-state index is -5.26. The second kappa shape index (κ2) is 27.4. The number of rotatable bonds is 18. The lowest BCUT2D eigenvalue weighted by Crippen LogP contribution is -2.89. The van der Waals surface area contributed by atoms with Crippen LogP contribution in [0.5, 0.6) is 0 Å². The van der Waals surface area contributed by atoms with Gasteiger partial charge in [0.2, 0.25) is 0 Å². The fourth-order valence-corrected chi connectivity index (χ4v) is 60.6. The van der Waals surface area contributed by atoms with Crippen LogP contribution in [0.3, 0.4) is 0 Å². The molecule has 0 spiro atoms. The summed E-state index contributed by atoms with van der Waals surface area (Å²) in [7, 11) is -45.3. The molecule has 8 aromatic carbocycles. The Morgan fingerprint density at radius 2 is 0.560 bits per heavy atom. The minimum absolute atomic E-state index is 0.00318. The summed E-state index contributed by atoms with van der Waals surface area (Å²) in [6.45, 7) is 14.8. The monoisotopic (exact) mass is 1390 g/mol. The van der Waals surface area contributed by atoms with Gasteiger partial charge in [-0.3, -0.25) is 0 Å². The largest absolute Gasteiger partial charge is 0.515 e. The quantitative estimate of drug-likeness (QED) is 0.0406. The average molecular weight is 1390 g/mol. The number of carbonyl (C=O) groups excluding carboxylic acids is 2. The first-order valence-electron chi connectivity index (χ1n) is 29.9. The first kappa shape index (κ1) is 64.9. The van der Waals surface area contributed by atoms with E-state index in [1.807, 2.05) is 256 Å². The molecule has 0 saturated carbocycles. The molecular formula is C64H68O17Si10. The highest BCUT2D eigenvalue weighted by Gasteiger charge is 2.78. The van der Waals surface area contributed by atoms with Gasteiger partial charge in [0.05, 0.1) is 13.2 Å². The first-order chi connectivity index (χ1) is 44.0. The molecule has 0 aromatic heterocycles. The third-order valence-electron chi connectivity index (χ3n) is 15.1. The van der Waals surface area contributed by atoms with Crippen LogP contribution >= 0.6 is 0 Å². The van der Waals surface area contributed by atoms with E-state index >= 15 is 0 Å². The van der Waals surface area contributed by atoms with Crippen LogP contribution in [-0.2, 0) is 72.6 Å². The van der Waals surface area contributed by atoms with Crippen molar-refractivity contribution >= 4 is 142 Å². The lowest BCUT2D eigenvalue weighted by molar-refractivity contribution is -0.139. The molecule has 8 aromatic rings. The molecule has 27 heteroatoms. The maximum atomic E-state index is 13.2. The van der Waals surface area contributed by atoms with Crippen LogP contribution in [-0.4, -0.2) is 114 Å². The second-order valence-electron chi connectivity index (χ2n) is 22.5. The summed E-state index contributed by atoms with van der Waals surface area (Å²) in [6, 6.07) is 76.9. The molecule has 0 N–H and O–H groups in total. The van der Waals surface area contributed by atoms with Gasteiger partial charge in [0.25, 0.3) is 0 Å². The van der Waals surface area contributed by atoms with Crippen molar-refractivity contribution in [3.63, 3.8) is 0 Å².